The van der Waals surface area contributed by atoms with Crippen LogP contribution in [0.25, 0.3) is 11.1 Å². The van der Waals surface area contributed by atoms with Gasteiger partial charge in [0.15, 0.2) is 5.58 Å². The number of anilines is 2. The molecule has 0 aliphatic rings. The fraction of sp³-hybridized carbons (Fsp3) is 0.143. The van der Waals surface area contributed by atoms with Crippen LogP contribution in [0, 0.1) is 0 Å². The second-order valence-corrected chi connectivity index (χ2v) is 5.39. The second-order valence-electron chi connectivity index (χ2n) is 4.47. The predicted molar refractivity (Wildman–Crippen MR) is 81.5 cm³/mol. The van der Waals surface area contributed by atoms with Crippen molar-refractivity contribution in [2.24, 2.45) is 7.05 Å². The Labute approximate surface area is 123 Å². The second kappa shape index (κ2) is 4.79. The molecule has 0 saturated carbocycles. The first-order chi connectivity index (χ1) is 9.56. The number of pyridine rings is 1. The minimum absolute atomic E-state index is 0.360. The first-order valence-electron chi connectivity index (χ1n) is 6.01. The van der Waals surface area contributed by atoms with Gasteiger partial charge in [-0.3, -0.25) is 4.57 Å². The van der Waals surface area contributed by atoms with Gasteiger partial charge >= 0.3 is 5.76 Å². The fourth-order valence-electron chi connectivity index (χ4n) is 2.02. The minimum Gasteiger partial charge on any atom is -0.408 e. The van der Waals surface area contributed by atoms with Crippen molar-refractivity contribution < 1.29 is 4.42 Å². The maximum Gasteiger partial charge on any atom is 0.419 e. The van der Waals surface area contributed by atoms with Crippen molar-refractivity contribution in [3.63, 3.8) is 0 Å². The molecule has 0 saturated heterocycles. The summed E-state index contributed by atoms with van der Waals surface area (Å²) in [5.74, 6) is 0.461. The molecule has 102 valence electrons. The van der Waals surface area contributed by atoms with Crippen LogP contribution in [0.15, 0.2) is 50.2 Å². The Morgan fingerprint density at radius 3 is 2.80 bits per heavy atom. The van der Waals surface area contributed by atoms with Gasteiger partial charge in [-0.05, 0) is 46.3 Å². The molecule has 1 aromatic carbocycles. The third kappa shape index (κ3) is 2.12. The van der Waals surface area contributed by atoms with Crippen molar-refractivity contribution in [2.45, 2.75) is 0 Å². The van der Waals surface area contributed by atoms with E-state index in [9.17, 15) is 4.79 Å². The molecule has 0 spiro atoms. The SMILES string of the molecule is CN(c1ccc2oc(=O)n(C)c2c1)c1ccc(Br)cn1. The summed E-state index contributed by atoms with van der Waals surface area (Å²) in [6.45, 7) is 0. The van der Waals surface area contributed by atoms with E-state index in [0.29, 0.717) is 5.58 Å². The lowest BCUT2D eigenvalue weighted by Gasteiger charge is -2.18. The molecule has 0 radical (unpaired) electrons. The maximum atomic E-state index is 11.5. The number of oxazole rings is 1. The molecule has 6 heteroatoms. The van der Waals surface area contributed by atoms with Gasteiger partial charge in [-0.15, -0.1) is 0 Å². The number of aromatic nitrogens is 2. The lowest BCUT2D eigenvalue weighted by molar-refractivity contribution is 0.528. The van der Waals surface area contributed by atoms with Crippen LogP contribution in [0.5, 0.6) is 0 Å². The van der Waals surface area contributed by atoms with Crippen LogP contribution >= 0.6 is 15.9 Å². The standard InChI is InChI=1S/C14H12BrN3O2/c1-17(13-6-3-9(15)8-16-13)10-4-5-12-11(7-10)18(2)14(19)20-12/h3-8H,1-2H3. The van der Waals surface area contributed by atoms with E-state index in [-0.39, 0.29) is 5.76 Å². The smallest absolute Gasteiger partial charge is 0.408 e. The number of fused-ring (bicyclic) bond motifs is 1. The summed E-state index contributed by atoms with van der Waals surface area (Å²) in [5, 5.41) is 0. The lowest BCUT2D eigenvalue weighted by atomic mass is 10.2. The Morgan fingerprint density at radius 2 is 2.10 bits per heavy atom. The number of hydrogen-bond donors (Lipinski definition) is 0. The van der Waals surface area contributed by atoms with Crippen molar-refractivity contribution in [1.82, 2.24) is 9.55 Å². The molecule has 0 amide bonds. The Hall–Kier alpha value is -2.08. The average molecular weight is 334 g/mol. The van der Waals surface area contributed by atoms with Gasteiger partial charge in [-0.1, -0.05) is 0 Å². The highest BCUT2D eigenvalue weighted by atomic mass is 79.9. The molecule has 0 bridgehead atoms. The highest BCUT2D eigenvalue weighted by Gasteiger charge is 2.10. The van der Waals surface area contributed by atoms with Gasteiger partial charge in [0.2, 0.25) is 0 Å². The van der Waals surface area contributed by atoms with Crippen molar-refractivity contribution in [2.75, 3.05) is 11.9 Å². The zero-order valence-corrected chi connectivity index (χ0v) is 12.6. The molecule has 0 atom stereocenters. The largest absolute Gasteiger partial charge is 0.419 e. The maximum absolute atomic E-state index is 11.5. The van der Waals surface area contributed by atoms with Crippen molar-refractivity contribution in [3.8, 4) is 0 Å². The van der Waals surface area contributed by atoms with Gasteiger partial charge in [0.25, 0.3) is 0 Å². The topological polar surface area (TPSA) is 51.3 Å². The Morgan fingerprint density at radius 1 is 1.30 bits per heavy atom. The van der Waals surface area contributed by atoms with Crippen LogP contribution in [0.4, 0.5) is 11.5 Å². The quantitative estimate of drug-likeness (QED) is 0.723. The zero-order chi connectivity index (χ0) is 14.3. The number of halogens is 1. The van der Waals surface area contributed by atoms with E-state index >= 15 is 0 Å². The van der Waals surface area contributed by atoms with E-state index in [1.807, 2.05) is 36.2 Å². The molecule has 0 N–H and O–H groups in total. The zero-order valence-electron chi connectivity index (χ0n) is 11.0. The molecule has 2 heterocycles. The molecule has 0 unspecified atom stereocenters. The van der Waals surface area contributed by atoms with E-state index < -0.39 is 0 Å². The van der Waals surface area contributed by atoms with Crippen LogP contribution in [0.1, 0.15) is 0 Å². The number of hydrogen-bond acceptors (Lipinski definition) is 4. The molecular formula is C14H12BrN3O2. The van der Waals surface area contributed by atoms with Gasteiger partial charge in [-0.2, -0.15) is 0 Å². The lowest BCUT2D eigenvalue weighted by Crippen LogP contribution is -2.11. The van der Waals surface area contributed by atoms with Crippen LogP contribution in [-0.2, 0) is 7.05 Å². The molecule has 20 heavy (non-hydrogen) atoms. The Kier molecular flexibility index (Phi) is 3.10. The molecular weight excluding hydrogens is 322 g/mol. The molecule has 3 aromatic rings. The molecule has 2 aromatic heterocycles. The minimum atomic E-state index is -0.360. The molecule has 0 aliphatic heterocycles. The normalized spacial score (nSPS) is 10.9. The summed E-state index contributed by atoms with van der Waals surface area (Å²) in [6, 6.07) is 9.45. The van der Waals surface area contributed by atoms with E-state index in [0.717, 1.165) is 21.5 Å². The summed E-state index contributed by atoms with van der Waals surface area (Å²) in [7, 11) is 3.62. The van der Waals surface area contributed by atoms with Gasteiger partial charge in [0.05, 0.1) is 5.52 Å². The van der Waals surface area contributed by atoms with Crippen LogP contribution in [0.2, 0.25) is 0 Å². The summed E-state index contributed by atoms with van der Waals surface area (Å²) in [5.41, 5.74) is 2.28. The van der Waals surface area contributed by atoms with E-state index in [1.54, 1.807) is 19.3 Å². The fourth-order valence-corrected chi connectivity index (χ4v) is 2.26. The predicted octanol–water partition coefficient (Wildman–Crippen LogP) is 3.06. The molecule has 3 rings (SSSR count). The molecule has 0 fully saturated rings. The third-order valence-corrected chi connectivity index (χ3v) is 3.69. The summed E-state index contributed by atoms with van der Waals surface area (Å²) < 4.78 is 7.54. The first kappa shape index (κ1) is 12.9. The van der Waals surface area contributed by atoms with Gasteiger partial charge in [-0.25, -0.2) is 9.78 Å². The Balaban J connectivity index is 2.07. The van der Waals surface area contributed by atoms with E-state index in [2.05, 4.69) is 20.9 Å². The van der Waals surface area contributed by atoms with Crippen LogP contribution in [-0.4, -0.2) is 16.6 Å². The third-order valence-electron chi connectivity index (χ3n) is 3.22. The van der Waals surface area contributed by atoms with Gasteiger partial charge in [0, 0.05) is 30.5 Å². The van der Waals surface area contributed by atoms with E-state index in [1.165, 1.54) is 4.57 Å². The van der Waals surface area contributed by atoms with Gasteiger partial charge in [0.1, 0.15) is 5.82 Å². The first-order valence-corrected chi connectivity index (χ1v) is 6.80. The number of aryl methyl sites for hydroxylation is 1. The molecule has 5 nitrogen and oxygen atoms in total. The van der Waals surface area contributed by atoms with Crippen molar-refractivity contribution >= 4 is 38.5 Å². The summed E-state index contributed by atoms with van der Waals surface area (Å²) >= 11 is 3.36. The number of rotatable bonds is 2. The highest BCUT2D eigenvalue weighted by molar-refractivity contribution is 9.10. The highest BCUT2D eigenvalue weighted by Crippen LogP contribution is 2.26. The number of benzene rings is 1. The molecule has 0 aliphatic carbocycles. The summed E-state index contributed by atoms with van der Waals surface area (Å²) in [6.07, 6.45) is 1.75. The van der Waals surface area contributed by atoms with Gasteiger partial charge < -0.3 is 9.32 Å². The van der Waals surface area contributed by atoms with E-state index in [4.69, 9.17) is 4.42 Å². The van der Waals surface area contributed by atoms with Crippen molar-refractivity contribution in [3.05, 3.63) is 51.6 Å². The van der Waals surface area contributed by atoms with Crippen LogP contribution < -0.4 is 10.7 Å². The van der Waals surface area contributed by atoms with Crippen LogP contribution in [0.3, 0.4) is 0 Å². The average Bonchev–Trinajstić information content (AvgIpc) is 2.74. The Bertz CT molecular complexity index is 821. The summed E-state index contributed by atoms with van der Waals surface area (Å²) in [4.78, 5) is 17.8. The van der Waals surface area contributed by atoms with Crippen molar-refractivity contribution in [1.29, 1.82) is 0 Å². The number of nitrogens with zero attached hydrogens (tertiary/aromatic N) is 3. The monoisotopic (exact) mass is 333 g/mol.